The Morgan fingerprint density at radius 2 is 2.28 bits per heavy atom. The molecule has 5 heteroatoms. The van der Waals surface area contributed by atoms with Gasteiger partial charge in [-0.25, -0.2) is 0 Å². The van der Waals surface area contributed by atoms with Gasteiger partial charge < -0.3 is 4.74 Å². The molecular formula is C13H23N3O2. The van der Waals surface area contributed by atoms with Crippen LogP contribution in [0, 0.1) is 5.92 Å². The van der Waals surface area contributed by atoms with E-state index in [0.717, 1.165) is 18.5 Å². The Hall–Kier alpha value is -1.36. The van der Waals surface area contributed by atoms with Gasteiger partial charge in [-0.3, -0.25) is 14.8 Å². The number of aromatic nitrogens is 2. The van der Waals surface area contributed by atoms with E-state index in [-0.39, 0.29) is 17.9 Å². The van der Waals surface area contributed by atoms with Crippen molar-refractivity contribution in [1.82, 2.24) is 15.1 Å². The number of carbonyl (C=O) groups excluding carboxylic acids is 1. The maximum atomic E-state index is 11.6. The molecule has 1 atom stereocenters. The van der Waals surface area contributed by atoms with E-state index >= 15 is 0 Å². The number of hydrogen-bond donors (Lipinski definition) is 1. The highest BCUT2D eigenvalue weighted by Crippen LogP contribution is 2.06. The number of aryl methyl sites for hydroxylation is 1. The largest absolute Gasteiger partial charge is 0.468 e. The zero-order chi connectivity index (χ0) is 13.5. The predicted molar refractivity (Wildman–Crippen MR) is 70.0 cm³/mol. The zero-order valence-corrected chi connectivity index (χ0v) is 11.6. The van der Waals surface area contributed by atoms with Crippen LogP contribution in [0.4, 0.5) is 0 Å². The van der Waals surface area contributed by atoms with Crippen molar-refractivity contribution in [1.29, 1.82) is 0 Å². The van der Waals surface area contributed by atoms with Crippen molar-refractivity contribution in [3.63, 3.8) is 0 Å². The molecule has 0 aliphatic carbocycles. The summed E-state index contributed by atoms with van der Waals surface area (Å²) in [5.41, 5.74) is 1.08. The molecule has 102 valence electrons. The average molecular weight is 253 g/mol. The summed E-state index contributed by atoms with van der Waals surface area (Å²) >= 11 is 0. The first kappa shape index (κ1) is 14.7. The lowest BCUT2D eigenvalue weighted by Crippen LogP contribution is -2.41. The monoisotopic (exact) mass is 253 g/mol. The average Bonchev–Trinajstić information content (AvgIpc) is 2.77. The second-order valence-electron chi connectivity index (χ2n) is 4.74. The minimum absolute atomic E-state index is 0.197. The molecule has 1 aromatic rings. The van der Waals surface area contributed by atoms with E-state index < -0.39 is 0 Å². The van der Waals surface area contributed by atoms with E-state index in [1.165, 1.54) is 7.11 Å². The molecule has 1 unspecified atom stereocenters. The third kappa shape index (κ3) is 4.14. The van der Waals surface area contributed by atoms with Gasteiger partial charge in [0.15, 0.2) is 0 Å². The van der Waals surface area contributed by atoms with Crippen LogP contribution in [0.1, 0.15) is 32.8 Å². The first-order valence-corrected chi connectivity index (χ1v) is 6.41. The molecule has 5 nitrogen and oxygen atoms in total. The van der Waals surface area contributed by atoms with Gasteiger partial charge in [-0.2, -0.15) is 5.10 Å². The number of hydrogen-bond acceptors (Lipinski definition) is 4. The first-order valence-electron chi connectivity index (χ1n) is 6.41. The Morgan fingerprint density at radius 1 is 1.56 bits per heavy atom. The molecule has 0 saturated carbocycles. The molecule has 1 aromatic heterocycles. The Labute approximate surface area is 109 Å². The standard InChI is InChI=1S/C13H23N3O2/c1-5-6-16-9-11(8-15-16)7-14-12(10(2)3)13(17)18-4/h8-10,12,14H,5-7H2,1-4H3. The van der Waals surface area contributed by atoms with Crippen molar-refractivity contribution in [2.75, 3.05) is 7.11 Å². The van der Waals surface area contributed by atoms with E-state index in [1.807, 2.05) is 30.9 Å². The molecule has 0 aliphatic rings. The van der Waals surface area contributed by atoms with Crippen molar-refractivity contribution in [2.24, 2.45) is 5.92 Å². The van der Waals surface area contributed by atoms with Crippen molar-refractivity contribution in [3.05, 3.63) is 18.0 Å². The van der Waals surface area contributed by atoms with Gasteiger partial charge in [0.05, 0.1) is 13.3 Å². The van der Waals surface area contributed by atoms with Crippen molar-refractivity contribution < 1.29 is 9.53 Å². The lowest BCUT2D eigenvalue weighted by Gasteiger charge is -2.19. The highest BCUT2D eigenvalue weighted by molar-refractivity contribution is 5.75. The second kappa shape index (κ2) is 7.16. The first-order chi connectivity index (χ1) is 8.58. The van der Waals surface area contributed by atoms with E-state index in [9.17, 15) is 4.79 Å². The molecule has 0 bridgehead atoms. The summed E-state index contributed by atoms with van der Waals surface area (Å²) in [5, 5.41) is 7.47. The summed E-state index contributed by atoms with van der Waals surface area (Å²) in [4.78, 5) is 11.6. The van der Waals surface area contributed by atoms with Gasteiger partial charge in [0, 0.05) is 24.8 Å². The van der Waals surface area contributed by atoms with Gasteiger partial charge in [-0.1, -0.05) is 20.8 Å². The van der Waals surface area contributed by atoms with E-state index in [4.69, 9.17) is 4.74 Å². The molecule has 0 radical (unpaired) electrons. The molecule has 0 saturated heterocycles. The molecule has 1 rings (SSSR count). The summed E-state index contributed by atoms with van der Waals surface area (Å²) in [6.07, 6.45) is 4.90. The zero-order valence-electron chi connectivity index (χ0n) is 11.6. The minimum atomic E-state index is -0.274. The summed E-state index contributed by atoms with van der Waals surface area (Å²) in [5.74, 6) is -0.0194. The van der Waals surface area contributed by atoms with Crippen LogP contribution in [0.15, 0.2) is 12.4 Å². The van der Waals surface area contributed by atoms with Gasteiger partial charge >= 0.3 is 5.97 Å². The van der Waals surface area contributed by atoms with Crippen LogP contribution in [0.25, 0.3) is 0 Å². The van der Waals surface area contributed by atoms with Crippen LogP contribution in [0.2, 0.25) is 0 Å². The van der Waals surface area contributed by atoms with Crippen LogP contribution in [-0.4, -0.2) is 28.9 Å². The number of rotatable bonds is 7. The van der Waals surface area contributed by atoms with Crippen LogP contribution in [0.3, 0.4) is 0 Å². The summed E-state index contributed by atoms with van der Waals surface area (Å²) < 4.78 is 6.70. The lowest BCUT2D eigenvalue weighted by atomic mass is 10.0. The molecular weight excluding hydrogens is 230 g/mol. The fraction of sp³-hybridized carbons (Fsp3) is 0.692. The van der Waals surface area contributed by atoms with Gasteiger partial charge in [-0.15, -0.1) is 0 Å². The fourth-order valence-electron chi connectivity index (χ4n) is 1.80. The van der Waals surface area contributed by atoms with Gasteiger partial charge in [-0.05, 0) is 12.3 Å². The Morgan fingerprint density at radius 3 is 2.83 bits per heavy atom. The van der Waals surface area contributed by atoms with E-state index in [0.29, 0.717) is 6.54 Å². The molecule has 0 spiro atoms. The predicted octanol–water partition coefficient (Wildman–Crippen LogP) is 1.58. The number of ether oxygens (including phenoxy) is 1. The molecule has 0 aliphatic heterocycles. The maximum absolute atomic E-state index is 11.6. The second-order valence-corrected chi connectivity index (χ2v) is 4.74. The number of nitrogens with one attached hydrogen (secondary N) is 1. The van der Waals surface area contributed by atoms with Crippen LogP contribution in [0.5, 0.6) is 0 Å². The highest BCUT2D eigenvalue weighted by Gasteiger charge is 2.22. The fourth-order valence-corrected chi connectivity index (χ4v) is 1.80. The van der Waals surface area contributed by atoms with E-state index in [2.05, 4.69) is 17.3 Å². The molecule has 0 aromatic carbocycles. The third-order valence-corrected chi connectivity index (χ3v) is 2.79. The molecule has 0 amide bonds. The number of nitrogens with zero attached hydrogens (tertiary/aromatic N) is 2. The number of esters is 1. The van der Waals surface area contributed by atoms with Gasteiger partial charge in [0.1, 0.15) is 6.04 Å². The molecule has 1 N–H and O–H groups in total. The van der Waals surface area contributed by atoms with Gasteiger partial charge in [0.25, 0.3) is 0 Å². The number of methoxy groups -OCH3 is 1. The Kier molecular flexibility index (Phi) is 5.85. The Bertz CT molecular complexity index is 374. The van der Waals surface area contributed by atoms with Crippen molar-refractivity contribution in [3.8, 4) is 0 Å². The topological polar surface area (TPSA) is 56.2 Å². The summed E-state index contributed by atoms with van der Waals surface area (Å²) in [6.45, 7) is 7.65. The van der Waals surface area contributed by atoms with E-state index in [1.54, 1.807) is 0 Å². The smallest absolute Gasteiger partial charge is 0.323 e. The lowest BCUT2D eigenvalue weighted by molar-refractivity contribution is -0.144. The Balaban J connectivity index is 2.53. The maximum Gasteiger partial charge on any atom is 0.323 e. The summed E-state index contributed by atoms with van der Waals surface area (Å²) in [6, 6.07) is -0.274. The molecule has 18 heavy (non-hydrogen) atoms. The normalized spacial score (nSPS) is 12.7. The number of carbonyl (C=O) groups is 1. The van der Waals surface area contributed by atoms with Crippen molar-refractivity contribution in [2.45, 2.75) is 46.3 Å². The molecule has 1 heterocycles. The minimum Gasteiger partial charge on any atom is -0.468 e. The third-order valence-electron chi connectivity index (χ3n) is 2.79. The molecule has 0 fully saturated rings. The quantitative estimate of drug-likeness (QED) is 0.750. The highest BCUT2D eigenvalue weighted by atomic mass is 16.5. The van der Waals surface area contributed by atoms with Gasteiger partial charge in [0.2, 0.25) is 0 Å². The van der Waals surface area contributed by atoms with Crippen LogP contribution < -0.4 is 5.32 Å². The SMILES string of the molecule is CCCn1cc(CNC(C(=O)OC)C(C)C)cn1. The van der Waals surface area contributed by atoms with Crippen LogP contribution in [-0.2, 0) is 22.6 Å². The van der Waals surface area contributed by atoms with Crippen LogP contribution >= 0.6 is 0 Å². The summed E-state index contributed by atoms with van der Waals surface area (Å²) in [7, 11) is 1.42. The van der Waals surface area contributed by atoms with Crippen molar-refractivity contribution >= 4 is 5.97 Å².